The Balaban J connectivity index is 1.88. The molecule has 0 saturated carbocycles. The van der Waals surface area contributed by atoms with Crippen LogP contribution < -0.4 is 19.5 Å². The van der Waals surface area contributed by atoms with Gasteiger partial charge >= 0.3 is 0 Å². The van der Waals surface area contributed by atoms with Crippen LogP contribution in [0.25, 0.3) is 0 Å². The topological polar surface area (TPSA) is 39.7 Å². The van der Waals surface area contributed by atoms with E-state index < -0.39 is 0 Å². The van der Waals surface area contributed by atoms with E-state index in [1.807, 2.05) is 50.2 Å². The molecule has 4 nitrogen and oxygen atoms in total. The highest BCUT2D eigenvalue weighted by Crippen LogP contribution is 2.28. The maximum atomic E-state index is 5.83. The summed E-state index contributed by atoms with van der Waals surface area (Å²) in [6.07, 6.45) is 0. The monoisotopic (exact) mass is 329 g/mol. The molecule has 130 valence electrons. The predicted octanol–water partition coefficient (Wildman–Crippen LogP) is 3.96. The van der Waals surface area contributed by atoms with Gasteiger partial charge < -0.3 is 19.5 Å². The Morgan fingerprint density at radius 1 is 0.875 bits per heavy atom. The molecule has 0 heterocycles. The Morgan fingerprint density at radius 3 is 2.46 bits per heavy atom. The van der Waals surface area contributed by atoms with Crippen molar-refractivity contribution in [1.82, 2.24) is 5.32 Å². The third-order valence-electron chi connectivity index (χ3n) is 3.49. The molecular formula is C20H27NO3. The lowest BCUT2D eigenvalue weighted by molar-refractivity contribution is 0.208. The van der Waals surface area contributed by atoms with Gasteiger partial charge in [-0.3, -0.25) is 0 Å². The third-order valence-corrected chi connectivity index (χ3v) is 3.49. The molecule has 0 radical (unpaired) electrons. The molecule has 0 bridgehead atoms. The lowest BCUT2D eigenvalue weighted by atomic mass is 10.2. The summed E-state index contributed by atoms with van der Waals surface area (Å²) >= 11 is 0. The number of hydrogen-bond donors (Lipinski definition) is 1. The van der Waals surface area contributed by atoms with Crippen LogP contribution in [0.2, 0.25) is 0 Å². The second-order valence-electron chi connectivity index (χ2n) is 5.51. The average molecular weight is 329 g/mol. The summed E-state index contributed by atoms with van der Waals surface area (Å²) in [4.78, 5) is 0. The maximum absolute atomic E-state index is 5.83. The van der Waals surface area contributed by atoms with Gasteiger partial charge in [-0.05, 0) is 55.8 Å². The molecule has 0 aromatic heterocycles. The van der Waals surface area contributed by atoms with Gasteiger partial charge in [0.05, 0.1) is 6.61 Å². The van der Waals surface area contributed by atoms with Crippen molar-refractivity contribution in [1.29, 1.82) is 0 Å². The fourth-order valence-electron chi connectivity index (χ4n) is 2.34. The van der Waals surface area contributed by atoms with Crippen molar-refractivity contribution >= 4 is 0 Å². The van der Waals surface area contributed by atoms with Crippen LogP contribution in [-0.4, -0.2) is 26.4 Å². The van der Waals surface area contributed by atoms with Gasteiger partial charge in [-0.1, -0.05) is 25.1 Å². The minimum absolute atomic E-state index is 0.473. The summed E-state index contributed by atoms with van der Waals surface area (Å²) in [5.74, 6) is 2.40. The largest absolute Gasteiger partial charge is 0.490 e. The molecule has 0 aliphatic heterocycles. The first-order valence-electron chi connectivity index (χ1n) is 8.51. The minimum atomic E-state index is 0.473. The van der Waals surface area contributed by atoms with Gasteiger partial charge in [0.2, 0.25) is 0 Å². The molecule has 0 fully saturated rings. The molecule has 0 unspecified atom stereocenters. The zero-order valence-corrected chi connectivity index (χ0v) is 14.8. The Kier molecular flexibility index (Phi) is 7.43. The van der Waals surface area contributed by atoms with Crippen molar-refractivity contribution in [3.8, 4) is 17.2 Å². The van der Waals surface area contributed by atoms with Crippen molar-refractivity contribution in [2.45, 2.75) is 27.3 Å². The number of rotatable bonds is 10. The second-order valence-corrected chi connectivity index (χ2v) is 5.51. The summed E-state index contributed by atoms with van der Waals surface area (Å²) < 4.78 is 17.2. The highest BCUT2D eigenvalue weighted by atomic mass is 16.5. The summed E-state index contributed by atoms with van der Waals surface area (Å²) in [6.45, 7) is 9.46. The minimum Gasteiger partial charge on any atom is -0.490 e. The zero-order chi connectivity index (χ0) is 17.2. The van der Waals surface area contributed by atoms with E-state index >= 15 is 0 Å². The quantitative estimate of drug-likeness (QED) is 0.670. The molecule has 0 amide bonds. The fraction of sp³-hybridized carbons (Fsp3) is 0.400. The van der Waals surface area contributed by atoms with Gasteiger partial charge in [-0.2, -0.15) is 0 Å². The van der Waals surface area contributed by atoms with E-state index in [9.17, 15) is 0 Å². The van der Waals surface area contributed by atoms with Crippen LogP contribution >= 0.6 is 0 Å². The second kappa shape index (κ2) is 9.83. The van der Waals surface area contributed by atoms with E-state index in [0.29, 0.717) is 19.8 Å². The molecule has 2 aromatic carbocycles. The van der Waals surface area contributed by atoms with Crippen molar-refractivity contribution in [3.05, 3.63) is 53.6 Å². The van der Waals surface area contributed by atoms with E-state index in [1.54, 1.807) is 0 Å². The lowest BCUT2D eigenvalue weighted by Gasteiger charge is -2.14. The number of aryl methyl sites for hydroxylation is 1. The molecule has 0 spiro atoms. The number of hydrogen-bond acceptors (Lipinski definition) is 4. The van der Waals surface area contributed by atoms with Gasteiger partial charge in [0.25, 0.3) is 0 Å². The van der Waals surface area contributed by atoms with Crippen LogP contribution in [0, 0.1) is 6.92 Å². The van der Waals surface area contributed by atoms with Crippen molar-refractivity contribution in [2.75, 3.05) is 26.4 Å². The van der Waals surface area contributed by atoms with Crippen molar-refractivity contribution < 1.29 is 14.2 Å². The third kappa shape index (κ3) is 5.78. The van der Waals surface area contributed by atoms with Crippen LogP contribution in [0.5, 0.6) is 17.2 Å². The lowest BCUT2D eigenvalue weighted by Crippen LogP contribution is -2.12. The van der Waals surface area contributed by atoms with Crippen LogP contribution in [0.4, 0.5) is 0 Å². The van der Waals surface area contributed by atoms with Crippen LogP contribution in [0.15, 0.2) is 42.5 Å². The number of benzene rings is 2. The van der Waals surface area contributed by atoms with E-state index in [0.717, 1.165) is 30.3 Å². The van der Waals surface area contributed by atoms with E-state index in [4.69, 9.17) is 14.2 Å². The Morgan fingerprint density at radius 2 is 1.71 bits per heavy atom. The van der Waals surface area contributed by atoms with E-state index in [-0.39, 0.29) is 0 Å². The summed E-state index contributed by atoms with van der Waals surface area (Å²) in [5.41, 5.74) is 2.37. The SMILES string of the molecule is CCNCc1ccc(OCCOc2cccc(C)c2)c(OCC)c1. The van der Waals surface area contributed by atoms with Gasteiger partial charge in [0.1, 0.15) is 19.0 Å². The van der Waals surface area contributed by atoms with Gasteiger partial charge in [-0.15, -0.1) is 0 Å². The fourth-order valence-corrected chi connectivity index (χ4v) is 2.34. The Hall–Kier alpha value is -2.20. The van der Waals surface area contributed by atoms with Gasteiger partial charge in [0.15, 0.2) is 11.5 Å². The zero-order valence-electron chi connectivity index (χ0n) is 14.8. The van der Waals surface area contributed by atoms with E-state index in [2.05, 4.69) is 18.3 Å². The molecule has 0 aliphatic carbocycles. The highest BCUT2D eigenvalue weighted by Gasteiger charge is 2.07. The van der Waals surface area contributed by atoms with Crippen LogP contribution in [-0.2, 0) is 6.54 Å². The molecule has 4 heteroatoms. The van der Waals surface area contributed by atoms with Gasteiger partial charge in [-0.25, -0.2) is 0 Å². The first-order chi connectivity index (χ1) is 11.7. The molecule has 2 aromatic rings. The molecule has 1 N–H and O–H groups in total. The molecule has 0 atom stereocenters. The first-order valence-corrected chi connectivity index (χ1v) is 8.51. The van der Waals surface area contributed by atoms with Crippen molar-refractivity contribution in [3.63, 3.8) is 0 Å². The molecule has 0 saturated heterocycles. The number of nitrogens with one attached hydrogen (secondary N) is 1. The first kappa shape index (κ1) is 18.1. The smallest absolute Gasteiger partial charge is 0.161 e. The normalized spacial score (nSPS) is 10.5. The highest BCUT2D eigenvalue weighted by molar-refractivity contribution is 5.43. The number of ether oxygens (including phenoxy) is 3. The maximum Gasteiger partial charge on any atom is 0.161 e. The summed E-state index contributed by atoms with van der Waals surface area (Å²) in [5, 5.41) is 3.31. The summed E-state index contributed by atoms with van der Waals surface area (Å²) in [6, 6.07) is 14.1. The van der Waals surface area contributed by atoms with Crippen LogP contribution in [0.3, 0.4) is 0 Å². The average Bonchev–Trinajstić information content (AvgIpc) is 2.58. The predicted molar refractivity (Wildman–Crippen MR) is 97.2 cm³/mol. The van der Waals surface area contributed by atoms with E-state index in [1.165, 1.54) is 11.1 Å². The molecule has 0 aliphatic rings. The molecule has 24 heavy (non-hydrogen) atoms. The molecule has 2 rings (SSSR count). The van der Waals surface area contributed by atoms with Crippen molar-refractivity contribution in [2.24, 2.45) is 0 Å². The Labute approximate surface area is 144 Å². The molecular weight excluding hydrogens is 302 g/mol. The Bertz CT molecular complexity index is 628. The standard InChI is InChI=1S/C20H27NO3/c1-4-21-15-17-9-10-19(20(14-17)22-5-2)24-12-11-23-18-8-6-7-16(3)13-18/h6-10,13-14,21H,4-5,11-12,15H2,1-3H3. The summed E-state index contributed by atoms with van der Waals surface area (Å²) in [7, 11) is 0. The van der Waals surface area contributed by atoms with Crippen LogP contribution in [0.1, 0.15) is 25.0 Å². The van der Waals surface area contributed by atoms with Gasteiger partial charge in [0, 0.05) is 6.54 Å².